The van der Waals surface area contributed by atoms with E-state index in [0.717, 1.165) is 10.5 Å². The van der Waals surface area contributed by atoms with Gasteiger partial charge in [-0.25, -0.2) is 4.79 Å². The van der Waals surface area contributed by atoms with Gasteiger partial charge in [0.05, 0.1) is 24.7 Å². The van der Waals surface area contributed by atoms with E-state index < -0.39 is 42.3 Å². The largest absolute Gasteiger partial charge is 0.467 e. The van der Waals surface area contributed by atoms with Crippen LogP contribution in [0.3, 0.4) is 0 Å². The number of hydrogen-bond acceptors (Lipinski definition) is 7. The Morgan fingerprint density at radius 3 is 2.12 bits per heavy atom. The van der Waals surface area contributed by atoms with E-state index in [-0.39, 0.29) is 30.5 Å². The molecule has 1 N–H and O–H groups in total. The highest BCUT2D eigenvalue weighted by Crippen LogP contribution is 2.22. The summed E-state index contributed by atoms with van der Waals surface area (Å²) in [6.07, 6.45) is -0.0455. The third kappa shape index (κ3) is 5.37. The Labute approximate surface area is 184 Å². The maximum Gasteiger partial charge on any atom is 0.328 e. The normalized spacial score (nSPS) is 13.3. The van der Waals surface area contributed by atoms with E-state index in [1.54, 1.807) is 36.4 Å². The quantitative estimate of drug-likeness (QED) is 0.460. The molecule has 9 heteroatoms. The standard InChI is InChI=1S/C23H22N2O7/c1-31-23(30)18(13-15-7-3-2-4-8-15)24-19(26)14-32-20(27)11-12-25-21(28)16-9-5-6-10-17(16)22(25)29/h2-10,18H,11-14H2,1H3,(H,24,26). The summed E-state index contributed by atoms with van der Waals surface area (Å²) < 4.78 is 9.65. The van der Waals surface area contributed by atoms with Crippen LogP contribution in [0.15, 0.2) is 54.6 Å². The molecule has 2 aromatic rings. The van der Waals surface area contributed by atoms with Gasteiger partial charge in [0.25, 0.3) is 17.7 Å². The van der Waals surface area contributed by atoms with E-state index in [1.165, 1.54) is 7.11 Å². The minimum Gasteiger partial charge on any atom is -0.467 e. The molecule has 1 heterocycles. The van der Waals surface area contributed by atoms with Crippen LogP contribution in [0.1, 0.15) is 32.7 Å². The number of ether oxygens (including phenoxy) is 2. The Hall–Kier alpha value is -4.01. The highest BCUT2D eigenvalue weighted by Gasteiger charge is 2.35. The van der Waals surface area contributed by atoms with E-state index in [0.29, 0.717) is 0 Å². The number of carbonyl (C=O) groups is 5. The van der Waals surface area contributed by atoms with Gasteiger partial charge in [-0.3, -0.25) is 24.1 Å². The lowest BCUT2D eigenvalue weighted by Crippen LogP contribution is -2.44. The van der Waals surface area contributed by atoms with Crippen molar-refractivity contribution in [2.75, 3.05) is 20.3 Å². The van der Waals surface area contributed by atoms with Crippen molar-refractivity contribution in [1.29, 1.82) is 0 Å². The number of nitrogens with zero attached hydrogens (tertiary/aromatic N) is 1. The smallest absolute Gasteiger partial charge is 0.328 e. The molecule has 32 heavy (non-hydrogen) atoms. The SMILES string of the molecule is COC(=O)C(Cc1ccccc1)NC(=O)COC(=O)CCN1C(=O)c2ccccc2C1=O. The third-order valence-corrected chi connectivity index (χ3v) is 4.89. The molecule has 0 bridgehead atoms. The number of amides is 3. The highest BCUT2D eigenvalue weighted by molar-refractivity contribution is 6.21. The number of rotatable bonds is 9. The van der Waals surface area contributed by atoms with Crippen molar-refractivity contribution in [3.63, 3.8) is 0 Å². The maximum absolute atomic E-state index is 12.3. The van der Waals surface area contributed by atoms with Crippen LogP contribution < -0.4 is 5.32 Å². The maximum atomic E-state index is 12.3. The highest BCUT2D eigenvalue weighted by atomic mass is 16.5. The minimum atomic E-state index is -0.938. The Kier molecular flexibility index (Phi) is 7.33. The van der Waals surface area contributed by atoms with Crippen molar-refractivity contribution in [3.8, 4) is 0 Å². The second-order valence-corrected chi connectivity index (χ2v) is 7.05. The number of methoxy groups -OCH3 is 1. The summed E-state index contributed by atoms with van der Waals surface area (Å²) in [6.45, 7) is -0.769. The molecule has 0 saturated carbocycles. The van der Waals surface area contributed by atoms with Crippen molar-refractivity contribution >= 4 is 29.7 Å². The predicted octanol–water partition coefficient (Wildman–Crippen LogP) is 1.12. The first kappa shape index (κ1) is 22.7. The minimum absolute atomic E-state index is 0.161. The first-order valence-electron chi connectivity index (χ1n) is 9.92. The average molecular weight is 438 g/mol. The molecule has 166 valence electrons. The molecular weight excluding hydrogens is 416 g/mol. The van der Waals surface area contributed by atoms with Crippen LogP contribution in [0.25, 0.3) is 0 Å². The zero-order chi connectivity index (χ0) is 23.1. The number of carbonyl (C=O) groups excluding carboxylic acids is 5. The summed E-state index contributed by atoms with van der Waals surface area (Å²) in [5, 5.41) is 2.49. The van der Waals surface area contributed by atoms with E-state index in [4.69, 9.17) is 9.47 Å². The molecule has 0 fully saturated rings. The second-order valence-electron chi connectivity index (χ2n) is 7.05. The first-order chi connectivity index (χ1) is 15.4. The lowest BCUT2D eigenvalue weighted by molar-refractivity contribution is -0.150. The van der Waals surface area contributed by atoms with Crippen LogP contribution in [0.4, 0.5) is 0 Å². The van der Waals surface area contributed by atoms with Crippen LogP contribution in [-0.2, 0) is 30.3 Å². The molecule has 0 radical (unpaired) electrons. The molecule has 9 nitrogen and oxygen atoms in total. The van der Waals surface area contributed by atoms with E-state index in [1.807, 2.05) is 18.2 Å². The van der Waals surface area contributed by atoms with Gasteiger partial charge < -0.3 is 14.8 Å². The van der Waals surface area contributed by atoms with Crippen molar-refractivity contribution in [1.82, 2.24) is 10.2 Å². The third-order valence-electron chi connectivity index (χ3n) is 4.89. The number of hydrogen-bond donors (Lipinski definition) is 1. The van der Waals surface area contributed by atoms with Gasteiger partial charge in [-0.2, -0.15) is 0 Å². The number of esters is 2. The molecule has 0 saturated heterocycles. The van der Waals surface area contributed by atoms with E-state index >= 15 is 0 Å². The van der Waals surface area contributed by atoms with Gasteiger partial charge >= 0.3 is 11.9 Å². The molecular formula is C23H22N2O7. The predicted molar refractivity (Wildman–Crippen MR) is 111 cm³/mol. The van der Waals surface area contributed by atoms with Crippen molar-refractivity contribution in [2.24, 2.45) is 0 Å². The molecule has 0 aromatic heterocycles. The lowest BCUT2D eigenvalue weighted by atomic mass is 10.1. The first-order valence-corrected chi connectivity index (χ1v) is 9.92. The van der Waals surface area contributed by atoms with E-state index in [2.05, 4.69) is 5.32 Å². The van der Waals surface area contributed by atoms with Gasteiger partial charge in [-0.1, -0.05) is 42.5 Å². The Bertz CT molecular complexity index is 1000. The summed E-state index contributed by atoms with van der Waals surface area (Å²) in [5.74, 6) is -3.00. The van der Waals surface area contributed by atoms with Crippen LogP contribution in [0, 0.1) is 0 Å². The topological polar surface area (TPSA) is 119 Å². The fourth-order valence-electron chi connectivity index (χ4n) is 3.28. The van der Waals surface area contributed by atoms with Gasteiger partial charge in [-0.15, -0.1) is 0 Å². The fraction of sp³-hybridized carbons (Fsp3) is 0.261. The summed E-state index contributed by atoms with van der Waals surface area (Å²) in [4.78, 5) is 61.7. The molecule has 2 aromatic carbocycles. The monoisotopic (exact) mass is 438 g/mol. The van der Waals surface area contributed by atoms with Crippen molar-refractivity contribution in [2.45, 2.75) is 18.9 Å². The van der Waals surface area contributed by atoms with Crippen molar-refractivity contribution < 1.29 is 33.4 Å². The number of nitrogens with one attached hydrogen (secondary N) is 1. The number of benzene rings is 2. The molecule has 0 aliphatic carbocycles. The molecule has 1 atom stereocenters. The van der Waals surface area contributed by atoms with Gasteiger partial charge in [0, 0.05) is 13.0 Å². The molecule has 1 unspecified atom stereocenters. The van der Waals surface area contributed by atoms with Gasteiger partial charge in [-0.05, 0) is 17.7 Å². The molecule has 0 spiro atoms. The molecule has 1 aliphatic heterocycles. The van der Waals surface area contributed by atoms with E-state index in [9.17, 15) is 24.0 Å². The zero-order valence-corrected chi connectivity index (χ0v) is 17.4. The van der Waals surface area contributed by atoms with Crippen LogP contribution in [0.5, 0.6) is 0 Å². The van der Waals surface area contributed by atoms with Crippen LogP contribution in [-0.4, -0.2) is 60.9 Å². The number of imide groups is 1. The zero-order valence-electron chi connectivity index (χ0n) is 17.4. The molecule has 1 aliphatic rings. The summed E-state index contributed by atoms with van der Waals surface area (Å²) in [7, 11) is 1.21. The molecule has 3 amide bonds. The summed E-state index contributed by atoms with van der Waals surface area (Å²) >= 11 is 0. The molecule has 3 rings (SSSR count). The second kappa shape index (κ2) is 10.3. The van der Waals surface area contributed by atoms with Gasteiger partial charge in [0.2, 0.25) is 0 Å². The average Bonchev–Trinajstić information content (AvgIpc) is 3.05. The Morgan fingerprint density at radius 1 is 0.938 bits per heavy atom. The van der Waals surface area contributed by atoms with Crippen LogP contribution >= 0.6 is 0 Å². The Morgan fingerprint density at radius 2 is 1.53 bits per heavy atom. The van der Waals surface area contributed by atoms with Crippen LogP contribution in [0.2, 0.25) is 0 Å². The summed E-state index contributed by atoms with van der Waals surface area (Å²) in [6, 6.07) is 14.5. The summed E-state index contributed by atoms with van der Waals surface area (Å²) in [5.41, 5.74) is 1.40. The Balaban J connectivity index is 1.47. The van der Waals surface area contributed by atoms with Gasteiger partial charge in [0.15, 0.2) is 6.61 Å². The number of fused-ring (bicyclic) bond motifs is 1. The van der Waals surface area contributed by atoms with Gasteiger partial charge in [0.1, 0.15) is 6.04 Å². The van der Waals surface area contributed by atoms with Crippen molar-refractivity contribution in [3.05, 3.63) is 71.3 Å². The fourth-order valence-corrected chi connectivity index (χ4v) is 3.28. The lowest BCUT2D eigenvalue weighted by Gasteiger charge is -2.17.